The molecule has 0 fully saturated rings. The lowest BCUT2D eigenvalue weighted by atomic mass is 10.0. The molecule has 0 radical (unpaired) electrons. The van der Waals surface area contributed by atoms with Gasteiger partial charge >= 0.3 is 0 Å². The third-order valence-electron chi connectivity index (χ3n) is 2.46. The second kappa shape index (κ2) is 12.5. The standard InChI is InChI=1S/C14H13Cl.2CNO/c15-14-10-8-13(9-11-14)7-6-12-4-2-1-3-5-12;2*2-1-3/h1-5,8-11H,6-7H2;;/q;2*-1. The van der Waals surface area contributed by atoms with Crippen molar-refractivity contribution in [2.24, 2.45) is 0 Å². The van der Waals surface area contributed by atoms with Crippen molar-refractivity contribution in [3.63, 3.8) is 0 Å². The van der Waals surface area contributed by atoms with Gasteiger partial charge in [-0.15, -0.1) is 0 Å². The molecular formula is C16H13ClN2O2-2. The van der Waals surface area contributed by atoms with E-state index in [1.54, 1.807) is 0 Å². The number of carbonyl (C=O) groups excluding carboxylic acids is 2. The number of aryl methyl sites for hydroxylation is 2. The van der Waals surface area contributed by atoms with Gasteiger partial charge in [-0.3, -0.25) is 9.59 Å². The molecule has 0 saturated carbocycles. The van der Waals surface area contributed by atoms with E-state index in [0.29, 0.717) is 12.2 Å². The van der Waals surface area contributed by atoms with Gasteiger partial charge in [-0.05, 0) is 48.3 Å². The van der Waals surface area contributed by atoms with Crippen LogP contribution >= 0.6 is 11.6 Å². The fourth-order valence-electron chi connectivity index (χ4n) is 1.58. The van der Waals surface area contributed by atoms with E-state index in [1.807, 2.05) is 18.2 Å². The molecule has 0 aliphatic rings. The molecule has 0 spiro atoms. The zero-order chi connectivity index (χ0) is 15.9. The van der Waals surface area contributed by atoms with Gasteiger partial charge in [0, 0.05) is 5.02 Å². The molecule has 0 aromatic heterocycles. The van der Waals surface area contributed by atoms with E-state index in [9.17, 15) is 0 Å². The Kier molecular flexibility index (Phi) is 11.0. The average molecular weight is 301 g/mol. The normalized spacial score (nSPS) is 8.05. The number of hydrogen-bond acceptors (Lipinski definition) is 2. The summed E-state index contributed by atoms with van der Waals surface area (Å²) in [5, 5.41) is 14.3. The Morgan fingerprint density at radius 1 is 0.762 bits per heavy atom. The molecule has 0 amide bonds. The smallest absolute Gasteiger partial charge is 0.0406 e. The minimum absolute atomic E-state index is 0.500. The van der Waals surface area contributed by atoms with Crippen LogP contribution in [0.1, 0.15) is 11.1 Å². The van der Waals surface area contributed by atoms with Crippen molar-refractivity contribution < 1.29 is 9.59 Å². The molecule has 0 saturated heterocycles. The van der Waals surface area contributed by atoms with Crippen molar-refractivity contribution in [1.29, 1.82) is 0 Å². The van der Waals surface area contributed by atoms with E-state index in [-0.39, 0.29) is 0 Å². The van der Waals surface area contributed by atoms with Crippen molar-refractivity contribution in [2.75, 3.05) is 0 Å². The lowest BCUT2D eigenvalue weighted by molar-refractivity contribution is 0.568. The number of nitrogens with zero attached hydrogens (tertiary/aromatic N) is 2. The largest absolute Gasteiger partial charge is 0.724 e. The highest BCUT2D eigenvalue weighted by Crippen LogP contribution is 2.11. The second-order valence-electron chi connectivity index (χ2n) is 3.79. The summed E-state index contributed by atoms with van der Waals surface area (Å²) in [4.78, 5) is 16.5. The Balaban J connectivity index is 0.000000578. The van der Waals surface area contributed by atoms with Crippen LogP contribution in [0, 0.1) is 0 Å². The molecule has 2 aromatic rings. The maximum Gasteiger partial charge on any atom is 0.0406 e. The summed E-state index contributed by atoms with van der Waals surface area (Å²) in [5.74, 6) is 0. The van der Waals surface area contributed by atoms with Crippen LogP contribution in [0.5, 0.6) is 0 Å². The van der Waals surface area contributed by atoms with Crippen molar-refractivity contribution in [3.8, 4) is 0 Å². The molecule has 2 rings (SSSR count). The number of benzene rings is 2. The highest BCUT2D eigenvalue weighted by Gasteiger charge is 1.95. The maximum atomic E-state index is 8.24. The predicted octanol–water partition coefficient (Wildman–Crippen LogP) is 3.91. The molecule has 0 unspecified atom stereocenters. The van der Waals surface area contributed by atoms with Crippen LogP contribution in [0.2, 0.25) is 5.02 Å². The fraction of sp³-hybridized carbons (Fsp3) is 0.125. The van der Waals surface area contributed by atoms with E-state index >= 15 is 0 Å². The fourth-order valence-corrected chi connectivity index (χ4v) is 1.71. The zero-order valence-electron chi connectivity index (χ0n) is 11.2. The topological polar surface area (TPSA) is 78.7 Å². The van der Waals surface area contributed by atoms with Gasteiger partial charge in [-0.2, -0.15) is 0 Å². The van der Waals surface area contributed by atoms with Gasteiger partial charge in [0.05, 0.1) is 0 Å². The summed E-state index contributed by atoms with van der Waals surface area (Å²) in [6.45, 7) is 0. The summed E-state index contributed by atoms with van der Waals surface area (Å²) in [7, 11) is 0. The molecule has 0 atom stereocenters. The molecule has 5 heteroatoms. The van der Waals surface area contributed by atoms with Crippen LogP contribution < -0.4 is 0 Å². The number of halogens is 1. The van der Waals surface area contributed by atoms with E-state index in [4.69, 9.17) is 32.0 Å². The Bertz CT molecular complexity index is 559. The van der Waals surface area contributed by atoms with Crippen LogP contribution in [0.4, 0.5) is 0 Å². The van der Waals surface area contributed by atoms with Gasteiger partial charge in [0.15, 0.2) is 0 Å². The van der Waals surface area contributed by atoms with Gasteiger partial charge in [0.1, 0.15) is 0 Å². The molecule has 4 nitrogen and oxygen atoms in total. The number of rotatable bonds is 3. The Morgan fingerprint density at radius 2 is 1.14 bits per heavy atom. The van der Waals surface area contributed by atoms with Gasteiger partial charge < -0.3 is 10.8 Å². The monoisotopic (exact) mass is 300 g/mol. The Morgan fingerprint density at radius 3 is 1.57 bits per heavy atom. The van der Waals surface area contributed by atoms with Crippen LogP contribution in [0.15, 0.2) is 54.6 Å². The summed E-state index contributed by atoms with van der Waals surface area (Å²) in [6.07, 6.45) is 3.16. The molecule has 0 bridgehead atoms. The summed E-state index contributed by atoms with van der Waals surface area (Å²) >= 11 is 5.83. The predicted molar refractivity (Wildman–Crippen MR) is 83.4 cm³/mol. The first kappa shape index (κ1) is 18.5. The lowest BCUT2D eigenvalue weighted by Crippen LogP contribution is -1.90. The van der Waals surface area contributed by atoms with E-state index in [0.717, 1.165) is 17.9 Å². The minimum Gasteiger partial charge on any atom is -0.724 e. The van der Waals surface area contributed by atoms with Crippen molar-refractivity contribution in [1.82, 2.24) is 0 Å². The van der Waals surface area contributed by atoms with Gasteiger partial charge in [-0.1, -0.05) is 54.1 Å². The third-order valence-corrected chi connectivity index (χ3v) is 2.71. The summed E-state index contributed by atoms with van der Waals surface area (Å²) in [5.41, 5.74) is 2.72. The second-order valence-corrected chi connectivity index (χ2v) is 4.23. The maximum absolute atomic E-state index is 8.24. The van der Waals surface area contributed by atoms with Crippen molar-refractivity contribution in [3.05, 3.63) is 81.6 Å². The quantitative estimate of drug-likeness (QED) is 0.636. The highest BCUT2D eigenvalue weighted by atomic mass is 35.5. The summed E-state index contributed by atoms with van der Waals surface area (Å²) < 4.78 is 0. The minimum atomic E-state index is 0.500. The molecule has 0 heterocycles. The first-order valence-corrected chi connectivity index (χ1v) is 6.36. The van der Waals surface area contributed by atoms with Crippen LogP contribution in [-0.2, 0) is 22.4 Å². The van der Waals surface area contributed by atoms with Gasteiger partial charge in [-0.25, -0.2) is 0 Å². The van der Waals surface area contributed by atoms with E-state index in [1.165, 1.54) is 11.1 Å². The molecule has 0 aliphatic heterocycles. The Labute approximate surface area is 128 Å². The van der Waals surface area contributed by atoms with Crippen LogP contribution in [0.25, 0.3) is 10.8 Å². The third kappa shape index (κ3) is 10.00. The summed E-state index contributed by atoms with van der Waals surface area (Å²) in [6, 6.07) is 18.6. The van der Waals surface area contributed by atoms with Crippen molar-refractivity contribution >= 4 is 23.8 Å². The first-order chi connectivity index (χ1) is 10.2. The molecule has 0 aliphatic carbocycles. The lowest BCUT2D eigenvalue weighted by Gasteiger charge is -2.01. The van der Waals surface area contributed by atoms with Crippen molar-refractivity contribution in [2.45, 2.75) is 12.8 Å². The number of isocyanates is 2. The molecular weight excluding hydrogens is 288 g/mol. The molecule has 2 aromatic carbocycles. The van der Waals surface area contributed by atoms with Crippen LogP contribution in [-0.4, -0.2) is 12.2 Å². The number of hydrogen-bond donors (Lipinski definition) is 0. The Hall–Kier alpha value is -2.51. The molecule has 21 heavy (non-hydrogen) atoms. The molecule has 108 valence electrons. The van der Waals surface area contributed by atoms with Crippen LogP contribution in [0.3, 0.4) is 0 Å². The van der Waals surface area contributed by atoms with Gasteiger partial charge in [0.25, 0.3) is 0 Å². The highest BCUT2D eigenvalue weighted by molar-refractivity contribution is 6.30. The average Bonchev–Trinajstić information content (AvgIpc) is 2.49. The first-order valence-electron chi connectivity index (χ1n) is 5.98. The van der Waals surface area contributed by atoms with E-state index < -0.39 is 0 Å². The molecule has 0 N–H and O–H groups in total. The SMILES string of the molecule is Clc1ccc(CCc2ccccc2)cc1.[N-]=C=O.[N-]=C=O. The van der Waals surface area contributed by atoms with E-state index in [2.05, 4.69) is 36.4 Å². The van der Waals surface area contributed by atoms with Gasteiger partial charge in [0.2, 0.25) is 0 Å². The zero-order valence-corrected chi connectivity index (χ0v) is 12.0.